The van der Waals surface area contributed by atoms with Crippen LogP contribution in [0.1, 0.15) is 12.8 Å². The molecular weight excluding hydrogens is 281 g/mol. The molecule has 1 aliphatic rings. The number of hydrogen-bond donors (Lipinski definition) is 2. The molecule has 1 heterocycles. The van der Waals surface area contributed by atoms with Gasteiger partial charge in [-0.25, -0.2) is 4.98 Å². The summed E-state index contributed by atoms with van der Waals surface area (Å²) in [6.45, 7) is 0.937. The van der Waals surface area contributed by atoms with Crippen molar-refractivity contribution in [1.82, 2.24) is 9.97 Å². The van der Waals surface area contributed by atoms with Gasteiger partial charge in [0.15, 0.2) is 0 Å². The van der Waals surface area contributed by atoms with Crippen LogP contribution in [-0.2, 0) is 0 Å². The maximum Gasteiger partial charge on any atom is 0.266 e. The van der Waals surface area contributed by atoms with E-state index in [0.29, 0.717) is 9.39 Å². The maximum atomic E-state index is 11.2. The number of rotatable bonds is 3. The molecular formula is C8H10IN3O. The van der Waals surface area contributed by atoms with Crippen LogP contribution in [0.15, 0.2) is 11.1 Å². The first-order valence-corrected chi connectivity index (χ1v) is 5.32. The highest BCUT2D eigenvalue weighted by molar-refractivity contribution is 14.1. The van der Waals surface area contributed by atoms with Gasteiger partial charge in [-0.2, -0.15) is 0 Å². The molecule has 0 unspecified atom stereocenters. The molecule has 1 fully saturated rings. The molecule has 0 spiro atoms. The quantitative estimate of drug-likeness (QED) is 0.823. The lowest BCUT2D eigenvalue weighted by Gasteiger charge is -2.04. The number of aromatic nitrogens is 2. The van der Waals surface area contributed by atoms with Crippen molar-refractivity contribution in [2.45, 2.75) is 12.8 Å². The fraction of sp³-hybridized carbons (Fsp3) is 0.500. The molecule has 0 saturated heterocycles. The summed E-state index contributed by atoms with van der Waals surface area (Å²) in [5.74, 6) is 1.49. The van der Waals surface area contributed by atoms with Crippen molar-refractivity contribution >= 4 is 28.4 Å². The smallest absolute Gasteiger partial charge is 0.266 e. The predicted octanol–water partition coefficient (Wildman–Crippen LogP) is 1.20. The Balaban J connectivity index is 2.09. The van der Waals surface area contributed by atoms with Gasteiger partial charge < -0.3 is 10.3 Å². The van der Waals surface area contributed by atoms with Gasteiger partial charge in [0.2, 0.25) is 0 Å². The van der Waals surface area contributed by atoms with Crippen LogP contribution < -0.4 is 10.9 Å². The second-order valence-corrected chi connectivity index (χ2v) is 4.30. The first-order valence-electron chi connectivity index (χ1n) is 4.24. The van der Waals surface area contributed by atoms with Crippen LogP contribution in [0, 0.1) is 9.49 Å². The molecule has 70 valence electrons. The number of hydrogen-bond acceptors (Lipinski definition) is 3. The highest BCUT2D eigenvalue weighted by Gasteiger charge is 2.21. The molecule has 0 radical (unpaired) electrons. The van der Waals surface area contributed by atoms with E-state index >= 15 is 0 Å². The topological polar surface area (TPSA) is 57.8 Å². The van der Waals surface area contributed by atoms with Gasteiger partial charge in [0.1, 0.15) is 9.39 Å². The number of nitrogens with one attached hydrogen (secondary N) is 2. The molecule has 4 nitrogen and oxygen atoms in total. The van der Waals surface area contributed by atoms with E-state index in [1.54, 1.807) is 0 Å². The normalized spacial score (nSPS) is 15.8. The molecule has 2 N–H and O–H groups in total. The van der Waals surface area contributed by atoms with Gasteiger partial charge in [-0.15, -0.1) is 0 Å². The second-order valence-electron chi connectivity index (χ2n) is 3.22. The lowest BCUT2D eigenvalue weighted by atomic mass is 10.4. The molecule has 1 aromatic heterocycles. The number of halogens is 1. The summed E-state index contributed by atoms with van der Waals surface area (Å²) in [7, 11) is 0. The van der Waals surface area contributed by atoms with Crippen LogP contribution in [0.4, 0.5) is 5.82 Å². The molecule has 0 aliphatic heterocycles. The first-order chi connectivity index (χ1) is 6.27. The zero-order valence-electron chi connectivity index (χ0n) is 7.01. The number of aromatic amines is 1. The molecule has 5 heteroatoms. The molecule has 2 rings (SSSR count). The fourth-order valence-corrected chi connectivity index (χ4v) is 1.55. The van der Waals surface area contributed by atoms with E-state index in [0.717, 1.165) is 12.5 Å². The Hall–Kier alpha value is -0.590. The first kappa shape index (κ1) is 8.98. The molecule has 0 aromatic carbocycles. The van der Waals surface area contributed by atoms with E-state index in [2.05, 4.69) is 15.3 Å². The highest BCUT2D eigenvalue weighted by Crippen LogP contribution is 2.28. The van der Waals surface area contributed by atoms with Gasteiger partial charge in [0.25, 0.3) is 5.56 Å². The van der Waals surface area contributed by atoms with Crippen LogP contribution in [0.3, 0.4) is 0 Å². The summed E-state index contributed by atoms with van der Waals surface area (Å²) >= 11 is 2.00. The Kier molecular flexibility index (Phi) is 2.52. The Labute approximate surface area is 89.3 Å². The third-order valence-electron chi connectivity index (χ3n) is 2.05. The van der Waals surface area contributed by atoms with Gasteiger partial charge in [0, 0.05) is 6.54 Å². The number of nitrogens with zero attached hydrogens (tertiary/aromatic N) is 1. The van der Waals surface area contributed by atoms with E-state index in [4.69, 9.17) is 0 Å². The monoisotopic (exact) mass is 291 g/mol. The van der Waals surface area contributed by atoms with Crippen molar-refractivity contribution in [3.8, 4) is 0 Å². The lowest BCUT2D eigenvalue weighted by Crippen LogP contribution is -2.15. The summed E-state index contributed by atoms with van der Waals surface area (Å²) in [5, 5.41) is 3.18. The number of anilines is 1. The summed E-state index contributed by atoms with van der Waals surface area (Å²) in [6.07, 6.45) is 4.03. The van der Waals surface area contributed by atoms with Crippen molar-refractivity contribution in [3.05, 3.63) is 20.3 Å². The van der Waals surface area contributed by atoms with Crippen LogP contribution in [0.25, 0.3) is 0 Å². The van der Waals surface area contributed by atoms with Gasteiger partial charge in [-0.3, -0.25) is 4.79 Å². The molecule has 0 amide bonds. The SMILES string of the molecule is O=c1[nH]cnc(NCC2CC2)c1I. The zero-order valence-corrected chi connectivity index (χ0v) is 9.17. The Morgan fingerprint density at radius 1 is 1.69 bits per heavy atom. The largest absolute Gasteiger partial charge is 0.369 e. The van der Waals surface area contributed by atoms with Crippen molar-refractivity contribution < 1.29 is 0 Å². The summed E-state index contributed by atoms with van der Waals surface area (Å²) < 4.78 is 0.640. The van der Waals surface area contributed by atoms with Crippen molar-refractivity contribution in [2.75, 3.05) is 11.9 Å². The van der Waals surface area contributed by atoms with E-state index in [9.17, 15) is 4.79 Å². The van der Waals surface area contributed by atoms with Gasteiger partial charge in [-0.05, 0) is 41.4 Å². The number of H-pyrrole nitrogens is 1. The van der Waals surface area contributed by atoms with E-state index in [1.165, 1.54) is 19.2 Å². The van der Waals surface area contributed by atoms with Gasteiger partial charge in [0.05, 0.1) is 6.33 Å². The minimum absolute atomic E-state index is 0.0751. The molecule has 1 saturated carbocycles. The average Bonchev–Trinajstić information content (AvgIpc) is 2.91. The van der Waals surface area contributed by atoms with E-state index < -0.39 is 0 Å². The second kappa shape index (κ2) is 3.65. The summed E-state index contributed by atoms with van der Waals surface area (Å²) in [6, 6.07) is 0. The predicted molar refractivity (Wildman–Crippen MR) is 58.8 cm³/mol. The molecule has 0 bridgehead atoms. The molecule has 0 atom stereocenters. The van der Waals surface area contributed by atoms with Crippen molar-refractivity contribution in [2.24, 2.45) is 5.92 Å². The van der Waals surface area contributed by atoms with Crippen molar-refractivity contribution in [3.63, 3.8) is 0 Å². The van der Waals surface area contributed by atoms with Crippen LogP contribution in [0.2, 0.25) is 0 Å². The van der Waals surface area contributed by atoms with E-state index in [1.807, 2.05) is 22.6 Å². The minimum Gasteiger partial charge on any atom is -0.369 e. The van der Waals surface area contributed by atoms with Gasteiger partial charge >= 0.3 is 0 Å². The summed E-state index contributed by atoms with van der Waals surface area (Å²) in [5.41, 5.74) is -0.0751. The highest BCUT2D eigenvalue weighted by atomic mass is 127. The average molecular weight is 291 g/mol. The van der Waals surface area contributed by atoms with Crippen LogP contribution >= 0.6 is 22.6 Å². The third-order valence-corrected chi connectivity index (χ3v) is 3.05. The summed E-state index contributed by atoms with van der Waals surface area (Å²) in [4.78, 5) is 17.8. The fourth-order valence-electron chi connectivity index (χ4n) is 1.07. The lowest BCUT2D eigenvalue weighted by molar-refractivity contribution is 0.878. The van der Waals surface area contributed by atoms with Gasteiger partial charge in [-0.1, -0.05) is 0 Å². The zero-order chi connectivity index (χ0) is 9.26. The molecule has 13 heavy (non-hydrogen) atoms. The Bertz CT molecular complexity index is 359. The maximum absolute atomic E-state index is 11.2. The van der Waals surface area contributed by atoms with E-state index in [-0.39, 0.29) is 5.56 Å². The Morgan fingerprint density at radius 3 is 3.15 bits per heavy atom. The molecule has 1 aromatic rings. The molecule has 1 aliphatic carbocycles. The standard InChI is InChI=1S/C8H10IN3O/c9-6-7(10-3-5-1-2-5)11-4-12-8(6)13/h4-5H,1-3H2,(H2,10,11,12,13). The van der Waals surface area contributed by atoms with Crippen molar-refractivity contribution in [1.29, 1.82) is 0 Å². The third kappa shape index (κ3) is 2.20. The van der Waals surface area contributed by atoms with Crippen LogP contribution in [-0.4, -0.2) is 16.5 Å². The van der Waals surface area contributed by atoms with Crippen LogP contribution in [0.5, 0.6) is 0 Å². The minimum atomic E-state index is -0.0751. The Morgan fingerprint density at radius 2 is 2.46 bits per heavy atom.